The number of nitrogens with one attached hydrogen (secondary N) is 1. The molecule has 4 rings (SSSR count). The number of halogens is 1. The second kappa shape index (κ2) is 5.76. The smallest absolute Gasteiger partial charge is 0.287 e. The first kappa shape index (κ1) is 14.9. The van der Waals surface area contributed by atoms with Crippen LogP contribution in [0.2, 0.25) is 0 Å². The molecule has 1 amide bonds. The monoisotopic (exact) mass is 390 g/mol. The molecule has 0 unspecified atom stereocenters. The maximum Gasteiger partial charge on any atom is 0.287 e. The van der Waals surface area contributed by atoms with Crippen molar-refractivity contribution in [3.8, 4) is 0 Å². The molecule has 118 valence electrons. The van der Waals surface area contributed by atoms with Crippen LogP contribution in [0.15, 0.2) is 32.5 Å². The van der Waals surface area contributed by atoms with Crippen LogP contribution in [0.25, 0.3) is 11.0 Å². The summed E-state index contributed by atoms with van der Waals surface area (Å²) in [4.78, 5) is 17.0. The van der Waals surface area contributed by atoms with Crippen LogP contribution in [-0.2, 0) is 6.54 Å². The fraction of sp³-hybridized carbons (Fsp3) is 0.294. The van der Waals surface area contributed by atoms with Gasteiger partial charge in [-0.15, -0.1) is 11.3 Å². The van der Waals surface area contributed by atoms with Crippen molar-refractivity contribution in [2.75, 3.05) is 0 Å². The Kier molecular flexibility index (Phi) is 3.73. The molecule has 3 aromatic rings. The predicted molar refractivity (Wildman–Crippen MR) is 93.9 cm³/mol. The van der Waals surface area contributed by atoms with E-state index in [1.165, 1.54) is 17.8 Å². The average molecular weight is 391 g/mol. The van der Waals surface area contributed by atoms with Gasteiger partial charge in [0.05, 0.1) is 17.2 Å². The van der Waals surface area contributed by atoms with Crippen LogP contribution in [-0.4, -0.2) is 10.9 Å². The highest BCUT2D eigenvalue weighted by atomic mass is 79.9. The van der Waals surface area contributed by atoms with Crippen LogP contribution in [0.1, 0.15) is 45.6 Å². The normalized spacial score (nSPS) is 14.3. The van der Waals surface area contributed by atoms with Crippen molar-refractivity contribution in [2.45, 2.75) is 32.2 Å². The van der Waals surface area contributed by atoms with E-state index in [0.717, 1.165) is 21.1 Å². The molecule has 0 radical (unpaired) electrons. The third-order valence-electron chi connectivity index (χ3n) is 4.03. The molecule has 1 saturated carbocycles. The number of rotatable bonds is 4. The number of aryl methyl sites for hydroxylation is 1. The van der Waals surface area contributed by atoms with Gasteiger partial charge in [-0.25, -0.2) is 4.98 Å². The van der Waals surface area contributed by atoms with Crippen molar-refractivity contribution in [3.63, 3.8) is 0 Å². The second-order valence-electron chi connectivity index (χ2n) is 5.83. The Morgan fingerprint density at radius 3 is 3.09 bits per heavy atom. The molecule has 1 aromatic carbocycles. The zero-order valence-corrected chi connectivity index (χ0v) is 15.0. The maximum absolute atomic E-state index is 12.4. The van der Waals surface area contributed by atoms with Crippen LogP contribution >= 0.6 is 27.3 Å². The van der Waals surface area contributed by atoms with E-state index in [1.807, 2.05) is 30.5 Å². The van der Waals surface area contributed by atoms with Crippen molar-refractivity contribution >= 4 is 44.1 Å². The molecule has 23 heavy (non-hydrogen) atoms. The Morgan fingerprint density at radius 2 is 2.30 bits per heavy atom. The van der Waals surface area contributed by atoms with Crippen molar-refractivity contribution in [3.05, 3.63) is 50.1 Å². The zero-order chi connectivity index (χ0) is 16.0. The standard InChI is InChI=1S/C17H15BrN2O2S/c1-9-13-5-4-11(18)6-14(13)22-15(9)16(21)19-7-12-8-23-17(20-12)10-2-3-10/h4-6,8,10H,2-3,7H2,1H3,(H,19,21). The molecule has 2 aromatic heterocycles. The molecule has 0 aliphatic heterocycles. The molecular formula is C17H15BrN2O2S. The van der Waals surface area contributed by atoms with Crippen molar-refractivity contribution in [1.82, 2.24) is 10.3 Å². The lowest BCUT2D eigenvalue weighted by Gasteiger charge is -2.01. The van der Waals surface area contributed by atoms with Gasteiger partial charge in [0.25, 0.3) is 5.91 Å². The Bertz CT molecular complexity index is 895. The third-order valence-corrected chi connectivity index (χ3v) is 5.58. The summed E-state index contributed by atoms with van der Waals surface area (Å²) in [6, 6.07) is 5.78. The highest BCUT2D eigenvalue weighted by molar-refractivity contribution is 9.10. The van der Waals surface area contributed by atoms with E-state index < -0.39 is 0 Å². The van der Waals surface area contributed by atoms with E-state index in [2.05, 4.69) is 26.2 Å². The molecule has 2 heterocycles. The van der Waals surface area contributed by atoms with Gasteiger partial charge in [-0.05, 0) is 38.0 Å². The van der Waals surface area contributed by atoms with Gasteiger partial charge in [0, 0.05) is 26.7 Å². The Hall–Kier alpha value is -1.66. The van der Waals surface area contributed by atoms with E-state index in [9.17, 15) is 4.79 Å². The van der Waals surface area contributed by atoms with Gasteiger partial charge in [-0.2, -0.15) is 0 Å². The van der Waals surface area contributed by atoms with Crippen molar-refractivity contribution in [1.29, 1.82) is 0 Å². The summed E-state index contributed by atoms with van der Waals surface area (Å²) < 4.78 is 6.65. The van der Waals surface area contributed by atoms with Gasteiger partial charge >= 0.3 is 0 Å². The lowest BCUT2D eigenvalue weighted by atomic mass is 10.1. The number of carbonyl (C=O) groups excluding carboxylic acids is 1. The van der Waals surface area contributed by atoms with Crippen LogP contribution < -0.4 is 5.32 Å². The molecule has 1 N–H and O–H groups in total. The summed E-state index contributed by atoms with van der Waals surface area (Å²) in [5.41, 5.74) is 2.50. The summed E-state index contributed by atoms with van der Waals surface area (Å²) in [5, 5.41) is 7.08. The summed E-state index contributed by atoms with van der Waals surface area (Å²) in [5.74, 6) is 0.826. The lowest BCUT2D eigenvalue weighted by Crippen LogP contribution is -2.23. The maximum atomic E-state index is 12.4. The van der Waals surface area contributed by atoms with Gasteiger partial charge < -0.3 is 9.73 Å². The van der Waals surface area contributed by atoms with Crippen LogP contribution in [0.5, 0.6) is 0 Å². The lowest BCUT2D eigenvalue weighted by molar-refractivity contribution is 0.0924. The number of hydrogen-bond donors (Lipinski definition) is 1. The van der Waals surface area contributed by atoms with Crippen LogP contribution in [0.3, 0.4) is 0 Å². The van der Waals surface area contributed by atoms with Crippen molar-refractivity contribution in [2.24, 2.45) is 0 Å². The summed E-state index contributed by atoms with van der Waals surface area (Å²) >= 11 is 5.10. The fourth-order valence-corrected chi connectivity index (χ4v) is 3.92. The van der Waals surface area contributed by atoms with Gasteiger partial charge in [0.1, 0.15) is 5.58 Å². The van der Waals surface area contributed by atoms with Gasteiger partial charge in [0.2, 0.25) is 0 Å². The Balaban J connectivity index is 1.50. The molecule has 1 fully saturated rings. The van der Waals surface area contributed by atoms with Gasteiger partial charge in [-0.1, -0.05) is 15.9 Å². The molecule has 1 aliphatic rings. The number of fused-ring (bicyclic) bond motifs is 1. The molecule has 0 atom stereocenters. The predicted octanol–water partition coefficient (Wildman–Crippen LogP) is 4.77. The van der Waals surface area contributed by atoms with Crippen LogP contribution in [0, 0.1) is 6.92 Å². The van der Waals surface area contributed by atoms with E-state index >= 15 is 0 Å². The third kappa shape index (κ3) is 2.93. The number of thiazole rings is 1. The van der Waals surface area contributed by atoms with Crippen molar-refractivity contribution < 1.29 is 9.21 Å². The first-order valence-electron chi connectivity index (χ1n) is 7.53. The minimum Gasteiger partial charge on any atom is -0.451 e. The molecule has 0 saturated heterocycles. The number of nitrogens with zero attached hydrogens (tertiary/aromatic N) is 1. The topological polar surface area (TPSA) is 55.1 Å². The van der Waals surface area contributed by atoms with Gasteiger partial charge in [-0.3, -0.25) is 4.79 Å². The van der Waals surface area contributed by atoms with E-state index in [-0.39, 0.29) is 5.91 Å². The number of hydrogen-bond acceptors (Lipinski definition) is 4. The SMILES string of the molecule is Cc1c(C(=O)NCc2csc(C3CC3)n2)oc2cc(Br)ccc12. The second-order valence-corrected chi connectivity index (χ2v) is 7.64. The molecule has 6 heteroatoms. The fourth-order valence-electron chi connectivity index (χ4n) is 2.59. The zero-order valence-electron chi connectivity index (χ0n) is 12.6. The van der Waals surface area contributed by atoms with Crippen LogP contribution in [0.4, 0.5) is 0 Å². The number of benzene rings is 1. The molecule has 0 bridgehead atoms. The number of carbonyl (C=O) groups is 1. The molecular weight excluding hydrogens is 376 g/mol. The largest absolute Gasteiger partial charge is 0.451 e. The highest BCUT2D eigenvalue weighted by Gasteiger charge is 2.26. The minimum atomic E-state index is -0.198. The number of furan rings is 1. The first-order valence-corrected chi connectivity index (χ1v) is 9.20. The Morgan fingerprint density at radius 1 is 1.48 bits per heavy atom. The highest BCUT2D eigenvalue weighted by Crippen LogP contribution is 2.41. The molecule has 0 spiro atoms. The molecule has 1 aliphatic carbocycles. The number of aromatic nitrogens is 1. The molecule has 4 nitrogen and oxygen atoms in total. The quantitative estimate of drug-likeness (QED) is 0.697. The minimum absolute atomic E-state index is 0.198. The van der Waals surface area contributed by atoms with E-state index in [1.54, 1.807) is 11.3 Å². The Labute approximate surface area is 146 Å². The summed E-state index contributed by atoms with van der Waals surface area (Å²) in [6.45, 7) is 2.34. The number of amides is 1. The average Bonchev–Trinajstić information content (AvgIpc) is 3.19. The van der Waals surface area contributed by atoms with E-state index in [0.29, 0.717) is 23.8 Å². The first-order chi connectivity index (χ1) is 11.1. The summed E-state index contributed by atoms with van der Waals surface area (Å²) in [7, 11) is 0. The van der Waals surface area contributed by atoms with Gasteiger partial charge in [0.15, 0.2) is 5.76 Å². The van der Waals surface area contributed by atoms with E-state index in [4.69, 9.17) is 4.42 Å². The summed E-state index contributed by atoms with van der Waals surface area (Å²) in [6.07, 6.45) is 2.49.